The van der Waals surface area contributed by atoms with Gasteiger partial charge in [0.2, 0.25) is 0 Å². The molecule has 0 saturated heterocycles. The van der Waals surface area contributed by atoms with E-state index in [1.807, 2.05) is 0 Å². The normalized spacial score (nSPS) is 31.8. The van der Waals surface area contributed by atoms with E-state index in [2.05, 4.69) is 10.8 Å². The van der Waals surface area contributed by atoms with Gasteiger partial charge in [0.1, 0.15) is 4.71 Å². The number of hydrogen-bond donors (Lipinski definition) is 0. The van der Waals surface area contributed by atoms with E-state index in [9.17, 15) is 0 Å². The van der Waals surface area contributed by atoms with Crippen LogP contribution < -0.4 is 0 Å². The van der Waals surface area contributed by atoms with Crippen molar-refractivity contribution in [2.45, 2.75) is 4.71 Å². The maximum absolute atomic E-state index is 5.44. The lowest BCUT2D eigenvalue weighted by Crippen LogP contribution is -1.81. The summed E-state index contributed by atoms with van der Waals surface area (Å²) in [6.45, 7) is 0. The van der Waals surface area contributed by atoms with Gasteiger partial charge < -0.3 is 0 Å². The molecule has 0 amide bonds. The molecule has 0 aromatic rings. The second-order valence-corrected chi connectivity index (χ2v) is 2.41. The maximum Gasteiger partial charge on any atom is 0.113 e. The van der Waals surface area contributed by atoms with Gasteiger partial charge >= 0.3 is 0 Å². The monoisotopic (exact) mass is 119 g/mol. The van der Waals surface area contributed by atoms with E-state index in [0.29, 0.717) is 0 Å². The van der Waals surface area contributed by atoms with Crippen LogP contribution in [0, 0.1) is 6.42 Å². The van der Waals surface area contributed by atoms with Crippen LogP contribution in [0.3, 0.4) is 0 Å². The number of nitrogens with zero attached hydrogens (tertiary/aromatic N) is 1. The van der Waals surface area contributed by atoms with Crippen molar-refractivity contribution < 1.29 is 0 Å². The summed E-state index contributed by atoms with van der Waals surface area (Å²) in [7, 11) is 0. The molecule has 6 heavy (non-hydrogen) atoms. The molecule has 3 heteroatoms. The van der Waals surface area contributed by atoms with Crippen molar-refractivity contribution in [2.24, 2.45) is 4.40 Å². The van der Waals surface area contributed by atoms with Gasteiger partial charge in [-0.1, -0.05) is 0 Å². The van der Waals surface area contributed by atoms with Crippen LogP contribution in [0.1, 0.15) is 0 Å². The molecule has 1 unspecified atom stereocenters. The first-order valence-electron chi connectivity index (χ1n) is 1.47. The smallest absolute Gasteiger partial charge is 0.113 e. The van der Waals surface area contributed by atoms with Gasteiger partial charge in [-0.25, -0.2) is 4.40 Å². The number of rotatable bonds is 0. The molecule has 1 nitrogen and oxygen atoms in total. The lowest BCUT2D eigenvalue weighted by Gasteiger charge is -1.84. The molecule has 0 aromatic carbocycles. The van der Waals surface area contributed by atoms with Crippen LogP contribution in [0.2, 0.25) is 0 Å². The molecule has 0 fully saturated rings. The fraction of sp³-hybridized carbons (Fsp3) is 0.333. The summed E-state index contributed by atoms with van der Waals surface area (Å²) >= 11 is 6.76. The third kappa shape index (κ3) is 0.884. The largest absolute Gasteiger partial charge is 0.227 e. The number of alkyl halides is 1. The molecule has 0 aliphatic carbocycles. The summed E-state index contributed by atoms with van der Waals surface area (Å²) in [5, 5.41) is 0. The van der Waals surface area contributed by atoms with E-state index in [4.69, 9.17) is 11.6 Å². The van der Waals surface area contributed by atoms with Crippen LogP contribution in [0.4, 0.5) is 0 Å². The summed E-state index contributed by atoms with van der Waals surface area (Å²) in [6.07, 6.45) is 4.34. The van der Waals surface area contributed by atoms with E-state index in [1.54, 1.807) is 6.21 Å². The third-order valence-electron chi connectivity index (χ3n) is 0.412. The van der Waals surface area contributed by atoms with E-state index >= 15 is 0 Å². The first kappa shape index (κ1) is 4.47. The molecule has 1 heterocycles. The van der Waals surface area contributed by atoms with E-state index in [0.717, 1.165) is 0 Å². The predicted octanol–water partition coefficient (Wildman–Crippen LogP) is 1.37. The highest BCUT2D eigenvalue weighted by molar-refractivity contribution is 8.00. The fourth-order valence-electron chi connectivity index (χ4n) is 0.203. The highest BCUT2D eigenvalue weighted by Gasteiger charge is 2.07. The molecular weight excluding hydrogens is 118 g/mol. The Morgan fingerprint density at radius 1 is 2.00 bits per heavy atom. The van der Waals surface area contributed by atoms with Crippen LogP contribution in [-0.2, 0) is 0 Å². The maximum atomic E-state index is 5.44. The molecule has 1 atom stereocenters. The van der Waals surface area contributed by atoms with Gasteiger partial charge in [-0.15, -0.1) is 11.6 Å². The Hall–Kier alpha value is 0.310. The Labute approximate surface area is 45.9 Å². The minimum atomic E-state index is -0.0370. The molecule has 1 aliphatic rings. The minimum absolute atomic E-state index is 0.0370. The summed E-state index contributed by atoms with van der Waals surface area (Å²) in [5.74, 6) is 0. The van der Waals surface area contributed by atoms with Crippen LogP contribution in [-0.4, -0.2) is 10.9 Å². The highest BCUT2D eigenvalue weighted by atomic mass is 35.5. The zero-order chi connectivity index (χ0) is 4.41. The first-order chi connectivity index (χ1) is 2.89. The molecule has 32 valence electrons. The number of halogens is 1. The summed E-state index contributed by atoms with van der Waals surface area (Å²) in [6, 6.07) is 0. The van der Waals surface area contributed by atoms with Crippen molar-refractivity contribution in [3.8, 4) is 0 Å². The molecule has 2 radical (unpaired) electrons. The first-order valence-corrected chi connectivity index (χ1v) is 2.75. The lowest BCUT2D eigenvalue weighted by atomic mass is 10.5. The van der Waals surface area contributed by atoms with E-state index in [1.165, 1.54) is 11.9 Å². The van der Waals surface area contributed by atoms with Gasteiger partial charge in [0.15, 0.2) is 0 Å². The second kappa shape index (κ2) is 1.85. The topological polar surface area (TPSA) is 12.4 Å². The van der Waals surface area contributed by atoms with Crippen molar-refractivity contribution in [3.63, 3.8) is 0 Å². The van der Waals surface area contributed by atoms with Crippen LogP contribution in [0.15, 0.2) is 4.40 Å². The molecule has 1 rings (SSSR count). The second-order valence-electron chi connectivity index (χ2n) is 0.823. The quantitative estimate of drug-likeness (QED) is 0.347. The van der Waals surface area contributed by atoms with Crippen molar-refractivity contribution in [1.82, 2.24) is 0 Å². The summed E-state index contributed by atoms with van der Waals surface area (Å²) in [5.41, 5.74) is 0. The number of hydrogen-bond acceptors (Lipinski definition) is 2. The van der Waals surface area contributed by atoms with Gasteiger partial charge in [-0.05, 0) is 11.9 Å². The molecule has 0 aromatic heterocycles. The fourth-order valence-corrected chi connectivity index (χ4v) is 0.748. The third-order valence-corrected chi connectivity index (χ3v) is 1.33. The molecule has 0 saturated carbocycles. The van der Waals surface area contributed by atoms with Crippen molar-refractivity contribution in [2.75, 3.05) is 0 Å². The minimum Gasteiger partial charge on any atom is -0.227 e. The zero-order valence-electron chi connectivity index (χ0n) is 2.89. The van der Waals surface area contributed by atoms with Crippen LogP contribution >= 0.6 is 23.5 Å². The lowest BCUT2D eigenvalue weighted by molar-refractivity contribution is 1.59. The Morgan fingerprint density at radius 2 is 2.83 bits per heavy atom. The Balaban J connectivity index is 2.32. The highest BCUT2D eigenvalue weighted by Crippen LogP contribution is 2.22. The van der Waals surface area contributed by atoms with Crippen molar-refractivity contribution in [1.29, 1.82) is 0 Å². The summed E-state index contributed by atoms with van der Waals surface area (Å²) in [4.78, 5) is 0. The SMILES string of the molecule is ClC1[C]C=NS1. The van der Waals surface area contributed by atoms with Gasteiger partial charge in [-0.3, -0.25) is 0 Å². The van der Waals surface area contributed by atoms with Gasteiger partial charge in [0, 0.05) is 6.21 Å². The standard InChI is InChI=1S/C3H2ClNS/c4-3-1-2-5-6-3/h2-3H. The predicted molar refractivity (Wildman–Crippen MR) is 29.0 cm³/mol. The van der Waals surface area contributed by atoms with Crippen LogP contribution in [0.25, 0.3) is 0 Å². The van der Waals surface area contributed by atoms with Gasteiger partial charge in [0.25, 0.3) is 0 Å². The Kier molecular flexibility index (Phi) is 1.37. The average Bonchev–Trinajstić information content (AvgIpc) is 1.86. The van der Waals surface area contributed by atoms with Gasteiger partial charge in [0.05, 0.1) is 6.42 Å². The van der Waals surface area contributed by atoms with Gasteiger partial charge in [-0.2, -0.15) is 0 Å². The molecule has 0 bridgehead atoms. The van der Waals surface area contributed by atoms with E-state index < -0.39 is 0 Å². The molecular formula is C3H2ClNS. The Bertz CT molecular complexity index is 65.2. The zero-order valence-corrected chi connectivity index (χ0v) is 4.46. The average molecular weight is 120 g/mol. The van der Waals surface area contributed by atoms with Crippen molar-refractivity contribution >= 4 is 29.8 Å². The Morgan fingerprint density at radius 3 is 3.00 bits per heavy atom. The van der Waals surface area contributed by atoms with E-state index in [-0.39, 0.29) is 4.71 Å². The molecule has 1 aliphatic heterocycles. The molecule has 0 N–H and O–H groups in total. The summed E-state index contributed by atoms with van der Waals surface area (Å²) < 4.78 is 3.68. The van der Waals surface area contributed by atoms with Crippen LogP contribution in [0.5, 0.6) is 0 Å². The molecule has 0 spiro atoms. The van der Waals surface area contributed by atoms with Crippen molar-refractivity contribution in [3.05, 3.63) is 6.42 Å².